The number of amides is 2. The highest BCUT2D eigenvalue weighted by molar-refractivity contribution is 6.22. The molecule has 2 aliphatic heterocycles. The van der Waals surface area contributed by atoms with Crippen molar-refractivity contribution in [2.24, 2.45) is 0 Å². The van der Waals surface area contributed by atoms with Crippen molar-refractivity contribution < 1.29 is 18.4 Å². The summed E-state index contributed by atoms with van der Waals surface area (Å²) in [5, 5.41) is 0. The van der Waals surface area contributed by atoms with Crippen molar-refractivity contribution in [3.63, 3.8) is 0 Å². The van der Waals surface area contributed by atoms with Crippen molar-refractivity contribution in [3.8, 4) is 0 Å². The van der Waals surface area contributed by atoms with Gasteiger partial charge in [-0.15, -0.1) is 0 Å². The number of halogens is 2. The average molecular weight is 371 g/mol. The average Bonchev–Trinajstić information content (AvgIpc) is 2.98. The zero-order valence-corrected chi connectivity index (χ0v) is 14.6. The van der Waals surface area contributed by atoms with Crippen molar-refractivity contribution in [2.75, 3.05) is 36.0 Å². The Morgan fingerprint density at radius 2 is 1.26 bits per heavy atom. The fourth-order valence-corrected chi connectivity index (χ4v) is 3.71. The second-order valence-corrected chi connectivity index (χ2v) is 6.76. The molecule has 27 heavy (non-hydrogen) atoms. The van der Waals surface area contributed by atoms with E-state index in [0.717, 1.165) is 10.6 Å². The summed E-state index contributed by atoms with van der Waals surface area (Å²) in [5.41, 5.74) is 1.34. The number of hydrogen-bond donors (Lipinski definition) is 0. The number of nitrogens with zero attached hydrogens (tertiary/aromatic N) is 3. The van der Waals surface area contributed by atoms with Crippen molar-refractivity contribution in [1.29, 1.82) is 0 Å². The molecule has 140 valence electrons. The Labute approximate surface area is 155 Å². The smallest absolute Gasteiger partial charge is 0.251 e. The third-order valence-corrected chi connectivity index (χ3v) is 5.15. The molecule has 0 N–H and O–H groups in total. The molecule has 2 aliphatic rings. The Balaban J connectivity index is 1.43. The molecule has 4 rings (SSSR count). The normalized spacial score (nSPS) is 21.2. The van der Waals surface area contributed by atoms with Crippen LogP contribution in [0.15, 0.2) is 48.5 Å². The number of piperazine rings is 1. The Bertz CT molecular complexity index is 847. The first-order chi connectivity index (χ1) is 13.0. The molecule has 0 saturated carbocycles. The summed E-state index contributed by atoms with van der Waals surface area (Å²) >= 11 is 0. The Morgan fingerprint density at radius 1 is 0.741 bits per heavy atom. The predicted molar refractivity (Wildman–Crippen MR) is 97.5 cm³/mol. The third kappa shape index (κ3) is 3.42. The molecule has 2 amide bonds. The molecular formula is C20H19F2N3O2. The van der Waals surface area contributed by atoms with Gasteiger partial charge >= 0.3 is 0 Å². The van der Waals surface area contributed by atoms with Crippen LogP contribution in [0.5, 0.6) is 0 Å². The van der Waals surface area contributed by atoms with Crippen LogP contribution >= 0.6 is 0 Å². The van der Waals surface area contributed by atoms with Gasteiger partial charge in [-0.05, 0) is 48.5 Å². The van der Waals surface area contributed by atoms with Crippen LogP contribution in [0.3, 0.4) is 0 Å². The van der Waals surface area contributed by atoms with E-state index in [9.17, 15) is 18.4 Å². The quantitative estimate of drug-likeness (QED) is 0.778. The summed E-state index contributed by atoms with van der Waals surface area (Å²) in [6.45, 7) is 2.66. The Morgan fingerprint density at radius 3 is 1.81 bits per heavy atom. The van der Waals surface area contributed by atoms with E-state index < -0.39 is 11.9 Å². The molecule has 2 aromatic rings. The number of hydrogen-bond acceptors (Lipinski definition) is 4. The van der Waals surface area contributed by atoms with Crippen molar-refractivity contribution in [2.45, 2.75) is 12.5 Å². The molecule has 0 bridgehead atoms. The minimum absolute atomic E-state index is 0.132. The molecular weight excluding hydrogens is 352 g/mol. The lowest BCUT2D eigenvalue weighted by Crippen LogP contribution is -2.52. The second kappa shape index (κ2) is 7.08. The lowest BCUT2D eigenvalue weighted by molar-refractivity contribution is -0.123. The van der Waals surface area contributed by atoms with E-state index in [1.807, 2.05) is 4.90 Å². The van der Waals surface area contributed by atoms with E-state index in [1.165, 1.54) is 36.4 Å². The summed E-state index contributed by atoms with van der Waals surface area (Å²) in [6.07, 6.45) is 0.132. The van der Waals surface area contributed by atoms with Crippen molar-refractivity contribution in [3.05, 3.63) is 60.2 Å². The predicted octanol–water partition coefficient (Wildman–Crippen LogP) is 2.42. The summed E-state index contributed by atoms with van der Waals surface area (Å²) < 4.78 is 26.2. The van der Waals surface area contributed by atoms with Gasteiger partial charge < -0.3 is 4.90 Å². The van der Waals surface area contributed by atoms with Crippen molar-refractivity contribution >= 4 is 23.2 Å². The minimum atomic E-state index is -0.488. The number of rotatable bonds is 3. The maximum Gasteiger partial charge on any atom is 0.251 e. The first-order valence-electron chi connectivity index (χ1n) is 8.90. The highest BCUT2D eigenvalue weighted by Crippen LogP contribution is 2.27. The van der Waals surface area contributed by atoms with Crippen LogP contribution in [0.1, 0.15) is 6.42 Å². The molecule has 7 heteroatoms. The maximum atomic E-state index is 13.1. The lowest BCUT2D eigenvalue weighted by Gasteiger charge is -2.38. The molecule has 0 radical (unpaired) electrons. The van der Waals surface area contributed by atoms with Gasteiger partial charge in [0, 0.05) is 31.9 Å². The monoisotopic (exact) mass is 371 g/mol. The van der Waals surface area contributed by atoms with Crippen LogP contribution in [0.4, 0.5) is 20.2 Å². The largest absolute Gasteiger partial charge is 0.369 e. The van der Waals surface area contributed by atoms with Gasteiger partial charge in [0.1, 0.15) is 11.6 Å². The third-order valence-electron chi connectivity index (χ3n) is 5.15. The first kappa shape index (κ1) is 17.6. The van der Waals surface area contributed by atoms with Gasteiger partial charge in [-0.2, -0.15) is 0 Å². The van der Waals surface area contributed by atoms with E-state index in [-0.39, 0.29) is 24.1 Å². The number of carbonyl (C=O) groups excluding carboxylic acids is 2. The number of anilines is 2. The fraction of sp³-hybridized carbons (Fsp3) is 0.300. The van der Waals surface area contributed by atoms with E-state index in [4.69, 9.17) is 0 Å². The molecule has 2 fully saturated rings. The number of imide groups is 1. The molecule has 0 aliphatic carbocycles. The van der Waals surface area contributed by atoms with Gasteiger partial charge in [-0.25, -0.2) is 13.7 Å². The van der Waals surface area contributed by atoms with Gasteiger partial charge in [-0.3, -0.25) is 14.5 Å². The van der Waals surface area contributed by atoms with Crippen LogP contribution < -0.4 is 9.80 Å². The minimum Gasteiger partial charge on any atom is -0.369 e. The van der Waals surface area contributed by atoms with Crippen LogP contribution in [-0.4, -0.2) is 48.9 Å². The van der Waals surface area contributed by atoms with E-state index in [2.05, 4.69) is 4.90 Å². The van der Waals surface area contributed by atoms with Crippen LogP contribution in [0, 0.1) is 11.6 Å². The van der Waals surface area contributed by atoms with Crippen LogP contribution in [0.2, 0.25) is 0 Å². The summed E-state index contributed by atoms with van der Waals surface area (Å²) in [7, 11) is 0. The molecule has 2 heterocycles. The molecule has 1 atom stereocenters. The molecule has 0 aromatic heterocycles. The van der Waals surface area contributed by atoms with Gasteiger partial charge in [0.05, 0.1) is 18.2 Å². The van der Waals surface area contributed by atoms with Crippen LogP contribution in [-0.2, 0) is 9.59 Å². The molecule has 0 spiro atoms. The second-order valence-electron chi connectivity index (χ2n) is 6.76. The van der Waals surface area contributed by atoms with Crippen molar-refractivity contribution in [1.82, 2.24) is 4.90 Å². The topological polar surface area (TPSA) is 43.9 Å². The zero-order valence-electron chi connectivity index (χ0n) is 14.6. The SMILES string of the molecule is O=C1C[C@H](N2CCN(c3ccc(F)cc3)CC2)C(=O)N1c1ccc(F)cc1. The van der Waals surface area contributed by atoms with Gasteiger partial charge in [-0.1, -0.05) is 0 Å². The van der Waals surface area contributed by atoms with Gasteiger partial charge in [0.2, 0.25) is 5.91 Å². The van der Waals surface area contributed by atoms with E-state index >= 15 is 0 Å². The Kier molecular flexibility index (Phi) is 4.61. The maximum absolute atomic E-state index is 13.1. The van der Waals surface area contributed by atoms with Gasteiger partial charge in [0.25, 0.3) is 5.91 Å². The number of carbonyl (C=O) groups is 2. The van der Waals surface area contributed by atoms with Crippen LogP contribution in [0.25, 0.3) is 0 Å². The summed E-state index contributed by atoms with van der Waals surface area (Å²) in [5.74, 6) is -1.21. The molecule has 0 unspecified atom stereocenters. The Hall–Kier alpha value is -2.80. The molecule has 2 saturated heterocycles. The summed E-state index contributed by atoms with van der Waals surface area (Å²) in [6, 6.07) is 11.2. The standard InChI is InChI=1S/C20H19F2N3O2/c21-14-1-5-16(6-2-14)23-9-11-24(12-10-23)18-13-19(26)25(20(18)27)17-7-3-15(22)4-8-17/h1-8,18H,9-13H2/t18-/m0/s1. The van der Waals surface area contributed by atoms with E-state index in [1.54, 1.807) is 12.1 Å². The highest BCUT2D eigenvalue weighted by Gasteiger charge is 2.43. The number of benzene rings is 2. The molecule has 2 aromatic carbocycles. The lowest BCUT2D eigenvalue weighted by atomic mass is 10.1. The first-order valence-corrected chi connectivity index (χ1v) is 8.90. The summed E-state index contributed by atoms with van der Waals surface area (Å²) in [4.78, 5) is 30.5. The zero-order chi connectivity index (χ0) is 19.0. The van der Waals surface area contributed by atoms with Gasteiger partial charge in [0.15, 0.2) is 0 Å². The molecule has 5 nitrogen and oxygen atoms in total. The fourth-order valence-electron chi connectivity index (χ4n) is 3.71. The highest BCUT2D eigenvalue weighted by atomic mass is 19.1. The van der Waals surface area contributed by atoms with E-state index in [0.29, 0.717) is 31.9 Å².